The van der Waals surface area contributed by atoms with Crippen molar-refractivity contribution < 1.29 is 24.1 Å². The number of aliphatic hydroxyl groups excluding tert-OH is 3. The SMILES string of the molecule is C[C@]1([C@@H](O)c2ccc(Cl)c(F)c2)C[C@@H](n2ccc3c(N)ccc(F)c32)[C@H](O)[C@@H]1O. The molecule has 3 aromatic rings. The van der Waals surface area contributed by atoms with E-state index in [0.29, 0.717) is 11.1 Å². The average molecular weight is 423 g/mol. The highest BCUT2D eigenvalue weighted by molar-refractivity contribution is 6.30. The van der Waals surface area contributed by atoms with Gasteiger partial charge in [0.1, 0.15) is 17.7 Å². The molecule has 1 aliphatic carbocycles. The molecule has 0 radical (unpaired) electrons. The van der Waals surface area contributed by atoms with Gasteiger partial charge in [-0.05, 0) is 42.3 Å². The van der Waals surface area contributed by atoms with Gasteiger partial charge in [-0.25, -0.2) is 8.78 Å². The Hall–Kier alpha value is -2.19. The van der Waals surface area contributed by atoms with Crippen molar-refractivity contribution in [3.05, 3.63) is 64.8 Å². The highest BCUT2D eigenvalue weighted by atomic mass is 35.5. The number of hydrogen-bond acceptors (Lipinski definition) is 4. The summed E-state index contributed by atoms with van der Waals surface area (Å²) in [7, 11) is 0. The van der Waals surface area contributed by atoms with Crippen LogP contribution in [0.25, 0.3) is 10.9 Å². The summed E-state index contributed by atoms with van der Waals surface area (Å²) in [4.78, 5) is 0. The molecule has 5 N–H and O–H groups in total. The number of nitrogens with two attached hydrogens (primary N) is 1. The number of benzene rings is 2. The number of fused-ring (bicyclic) bond motifs is 1. The van der Waals surface area contributed by atoms with Gasteiger partial charge in [-0.1, -0.05) is 24.6 Å². The zero-order valence-corrected chi connectivity index (χ0v) is 16.3. The van der Waals surface area contributed by atoms with Crippen molar-refractivity contribution in [1.82, 2.24) is 4.57 Å². The Bertz CT molecular complexity index is 1090. The Morgan fingerprint density at radius 3 is 2.59 bits per heavy atom. The van der Waals surface area contributed by atoms with E-state index in [-0.39, 0.29) is 22.5 Å². The van der Waals surface area contributed by atoms with Crippen molar-refractivity contribution in [3.63, 3.8) is 0 Å². The minimum atomic E-state index is -1.33. The Kier molecular flexibility index (Phi) is 4.82. The molecule has 0 saturated heterocycles. The van der Waals surface area contributed by atoms with Gasteiger partial charge in [-0.3, -0.25) is 0 Å². The van der Waals surface area contributed by atoms with Gasteiger partial charge in [0.25, 0.3) is 0 Å². The highest BCUT2D eigenvalue weighted by Crippen LogP contribution is 2.52. The number of nitrogens with zero attached hydrogens (tertiary/aromatic N) is 1. The van der Waals surface area contributed by atoms with E-state index in [1.54, 1.807) is 19.2 Å². The van der Waals surface area contributed by atoms with E-state index in [1.165, 1.54) is 28.8 Å². The molecule has 1 saturated carbocycles. The molecule has 0 unspecified atom stereocenters. The molecule has 5 nitrogen and oxygen atoms in total. The van der Waals surface area contributed by atoms with Gasteiger partial charge in [0.15, 0.2) is 0 Å². The number of anilines is 1. The monoisotopic (exact) mass is 422 g/mol. The molecule has 29 heavy (non-hydrogen) atoms. The number of nitrogen functional groups attached to an aromatic ring is 1. The van der Waals surface area contributed by atoms with Gasteiger partial charge in [0, 0.05) is 22.7 Å². The van der Waals surface area contributed by atoms with Crippen LogP contribution in [0, 0.1) is 17.0 Å². The zero-order chi connectivity index (χ0) is 21.1. The molecule has 2 aromatic carbocycles. The lowest BCUT2D eigenvalue weighted by Gasteiger charge is -2.34. The summed E-state index contributed by atoms with van der Waals surface area (Å²) < 4.78 is 29.9. The van der Waals surface area contributed by atoms with Gasteiger partial charge in [-0.15, -0.1) is 0 Å². The predicted octanol–water partition coefficient (Wildman–Crippen LogP) is 3.56. The van der Waals surface area contributed by atoms with Crippen LogP contribution in [-0.4, -0.2) is 32.1 Å². The fraction of sp³-hybridized carbons (Fsp3) is 0.333. The minimum Gasteiger partial charge on any atom is -0.398 e. The van der Waals surface area contributed by atoms with Crippen LogP contribution >= 0.6 is 11.6 Å². The van der Waals surface area contributed by atoms with Gasteiger partial charge < -0.3 is 25.6 Å². The van der Waals surface area contributed by atoms with E-state index >= 15 is 0 Å². The van der Waals surface area contributed by atoms with Crippen LogP contribution in [0.1, 0.15) is 31.1 Å². The molecule has 1 fully saturated rings. The molecule has 1 aliphatic rings. The van der Waals surface area contributed by atoms with Crippen LogP contribution in [-0.2, 0) is 0 Å². The summed E-state index contributed by atoms with van der Waals surface area (Å²) in [5, 5.41) is 32.9. The highest BCUT2D eigenvalue weighted by Gasteiger charge is 2.54. The molecule has 5 atom stereocenters. The minimum absolute atomic E-state index is 0.0807. The van der Waals surface area contributed by atoms with Gasteiger partial charge >= 0.3 is 0 Å². The van der Waals surface area contributed by atoms with Crippen LogP contribution in [0.5, 0.6) is 0 Å². The van der Waals surface area contributed by atoms with E-state index in [0.717, 1.165) is 6.07 Å². The molecule has 1 aromatic heterocycles. The van der Waals surface area contributed by atoms with E-state index in [1.807, 2.05) is 0 Å². The number of rotatable bonds is 3. The molecular weight excluding hydrogens is 402 g/mol. The lowest BCUT2D eigenvalue weighted by Crippen LogP contribution is -2.38. The first kappa shape index (κ1) is 20.1. The summed E-state index contributed by atoms with van der Waals surface area (Å²) in [6, 6.07) is 7.55. The normalized spacial score (nSPS) is 28.2. The zero-order valence-electron chi connectivity index (χ0n) is 15.6. The van der Waals surface area contributed by atoms with Crippen molar-refractivity contribution in [2.24, 2.45) is 5.41 Å². The Balaban J connectivity index is 1.74. The van der Waals surface area contributed by atoms with E-state index in [9.17, 15) is 24.1 Å². The second-order valence-electron chi connectivity index (χ2n) is 7.91. The second-order valence-corrected chi connectivity index (χ2v) is 8.32. The number of aliphatic hydroxyl groups is 3. The van der Waals surface area contributed by atoms with Crippen molar-refractivity contribution in [3.8, 4) is 0 Å². The van der Waals surface area contributed by atoms with Crippen molar-refractivity contribution in [1.29, 1.82) is 0 Å². The third-order valence-corrected chi connectivity index (χ3v) is 6.45. The first-order chi connectivity index (χ1) is 13.6. The smallest absolute Gasteiger partial charge is 0.147 e. The maximum absolute atomic E-state index is 14.5. The number of halogens is 3. The fourth-order valence-corrected chi connectivity index (χ4v) is 4.55. The van der Waals surface area contributed by atoms with Crippen LogP contribution in [0.2, 0.25) is 5.02 Å². The molecule has 0 spiro atoms. The first-order valence-corrected chi connectivity index (χ1v) is 9.56. The van der Waals surface area contributed by atoms with Crippen molar-refractivity contribution >= 4 is 28.2 Å². The number of aromatic nitrogens is 1. The summed E-state index contributed by atoms with van der Waals surface area (Å²) in [5.41, 5.74) is 5.56. The third-order valence-electron chi connectivity index (χ3n) is 6.15. The summed E-state index contributed by atoms with van der Waals surface area (Å²) >= 11 is 5.71. The van der Waals surface area contributed by atoms with E-state index < -0.39 is 41.4 Å². The quantitative estimate of drug-likeness (QED) is 0.486. The second kappa shape index (κ2) is 6.95. The Morgan fingerprint density at radius 2 is 1.90 bits per heavy atom. The molecule has 0 aliphatic heterocycles. The summed E-state index contributed by atoms with van der Waals surface area (Å²) in [5.74, 6) is -1.19. The van der Waals surface area contributed by atoms with Crippen molar-refractivity contribution in [2.75, 3.05) is 5.73 Å². The molecule has 0 amide bonds. The Labute approximate surface area is 170 Å². The van der Waals surface area contributed by atoms with Gasteiger partial charge in [0.05, 0.1) is 28.8 Å². The largest absolute Gasteiger partial charge is 0.398 e. The molecular formula is C21H21ClF2N2O3. The van der Waals surface area contributed by atoms with Crippen LogP contribution in [0.3, 0.4) is 0 Å². The lowest BCUT2D eigenvalue weighted by molar-refractivity contribution is -0.0765. The lowest BCUT2D eigenvalue weighted by atomic mass is 9.77. The average Bonchev–Trinajstić information content (AvgIpc) is 3.23. The molecule has 8 heteroatoms. The molecule has 0 bridgehead atoms. The third kappa shape index (κ3) is 3.00. The molecule has 4 rings (SSSR count). The predicted molar refractivity (Wildman–Crippen MR) is 106 cm³/mol. The van der Waals surface area contributed by atoms with E-state index in [2.05, 4.69) is 0 Å². The van der Waals surface area contributed by atoms with Crippen LogP contribution in [0.4, 0.5) is 14.5 Å². The maximum atomic E-state index is 14.5. The summed E-state index contributed by atoms with van der Waals surface area (Å²) in [6.45, 7) is 1.61. The number of hydrogen-bond donors (Lipinski definition) is 4. The first-order valence-electron chi connectivity index (χ1n) is 9.19. The van der Waals surface area contributed by atoms with E-state index in [4.69, 9.17) is 17.3 Å². The van der Waals surface area contributed by atoms with Gasteiger partial charge in [-0.2, -0.15) is 0 Å². The van der Waals surface area contributed by atoms with Crippen LogP contribution in [0.15, 0.2) is 42.6 Å². The van der Waals surface area contributed by atoms with Crippen LogP contribution < -0.4 is 5.73 Å². The Morgan fingerprint density at radius 1 is 1.17 bits per heavy atom. The van der Waals surface area contributed by atoms with Crippen molar-refractivity contribution in [2.45, 2.75) is 37.7 Å². The fourth-order valence-electron chi connectivity index (χ4n) is 4.43. The standard InChI is InChI=1S/C21H21ClF2N2O3/c1-21(19(28)10-2-3-12(22)14(24)8-10)9-16(18(27)20(21)29)26-7-6-11-15(25)5-4-13(23)17(11)26/h2-8,16,18-20,27-29H,9,25H2,1H3/t16-,18+,19+,20+,21-/m1/s1. The molecule has 154 valence electrons. The summed E-state index contributed by atoms with van der Waals surface area (Å²) in [6.07, 6.45) is -2.16. The topological polar surface area (TPSA) is 91.6 Å². The maximum Gasteiger partial charge on any atom is 0.147 e. The molecule has 1 heterocycles. The van der Waals surface area contributed by atoms with Gasteiger partial charge in [0.2, 0.25) is 0 Å².